The Bertz CT molecular complexity index is 518. The van der Waals surface area contributed by atoms with Crippen molar-refractivity contribution in [1.82, 2.24) is 4.72 Å². The van der Waals surface area contributed by atoms with E-state index < -0.39 is 10.0 Å². The lowest BCUT2D eigenvalue weighted by Gasteiger charge is -2.06. The molecule has 0 aliphatic carbocycles. The maximum absolute atomic E-state index is 11.8. The second kappa shape index (κ2) is 7.89. The van der Waals surface area contributed by atoms with Crippen molar-refractivity contribution in [2.45, 2.75) is 25.0 Å². The molecule has 0 amide bonds. The summed E-state index contributed by atoms with van der Waals surface area (Å²) in [5.41, 5.74) is 1.17. The summed E-state index contributed by atoms with van der Waals surface area (Å²) in [5.74, 6) is -0.0846. The number of nitriles is 1. The Hall–Kier alpha value is -1.42. The summed E-state index contributed by atoms with van der Waals surface area (Å²) >= 11 is 0. The Labute approximate surface area is 113 Å². The molecule has 5 nitrogen and oxygen atoms in total. The molecule has 0 spiro atoms. The fourth-order valence-corrected chi connectivity index (χ4v) is 2.78. The van der Waals surface area contributed by atoms with Crippen LogP contribution in [0.2, 0.25) is 0 Å². The van der Waals surface area contributed by atoms with E-state index in [9.17, 15) is 8.42 Å². The Morgan fingerprint density at radius 2 is 1.84 bits per heavy atom. The van der Waals surface area contributed by atoms with E-state index in [2.05, 4.69) is 4.72 Å². The third kappa shape index (κ3) is 6.34. The van der Waals surface area contributed by atoms with Crippen LogP contribution in [0, 0.1) is 11.3 Å². The number of nitrogens with one attached hydrogen (secondary N) is 1. The third-order valence-electron chi connectivity index (χ3n) is 2.60. The third-order valence-corrected chi connectivity index (χ3v) is 3.95. The predicted molar refractivity (Wildman–Crippen MR) is 72.7 cm³/mol. The molecule has 1 aromatic rings. The lowest BCUT2D eigenvalue weighted by Crippen LogP contribution is -2.26. The van der Waals surface area contributed by atoms with E-state index >= 15 is 0 Å². The maximum Gasteiger partial charge on any atom is 0.215 e. The van der Waals surface area contributed by atoms with E-state index in [0.717, 1.165) is 6.42 Å². The summed E-state index contributed by atoms with van der Waals surface area (Å²) in [5, 5.41) is 17.3. The fourth-order valence-electron chi connectivity index (χ4n) is 1.59. The van der Waals surface area contributed by atoms with Crippen molar-refractivity contribution in [3.63, 3.8) is 0 Å². The summed E-state index contributed by atoms with van der Waals surface area (Å²) in [6.45, 7) is 0.524. The van der Waals surface area contributed by atoms with E-state index in [1.54, 1.807) is 24.3 Å². The van der Waals surface area contributed by atoms with Crippen molar-refractivity contribution < 1.29 is 13.5 Å². The summed E-state index contributed by atoms with van der Waals surface area (Å²) < 4.78 is 26.0. The number of hydrogen-bond acceptors (Lipinski definition) is 4. The molecule has 0 fully saturated rings. The first-order valence-electron chi connectivity index (χ1n) is 6.14. The van der Waals surface area contributed by atoms with E-state index in [0.29, 0.717) is 30.5 Å². The summed E-state index contributed by atoms with van der Waals surface area (Å²) in [6.07, 6.45) is 2.21. The molecule has 0 radical (unpaired) electrons. The van der Waals surface area contributed by atoms with Crippen molar-refractivity contribution in [2.24, 2.45) is 0 Å². The number of aliphatic hydroxyl groups excluding tert-OH is 1. The Balaban J connectivity index is 2.43. The quantitative estimate of drug-likeness (QED) is 0.700. The molecule has 6 heteroatoms. The number of rotatable bonds is 8. The van der Waals surface area contributed by atoms with Gasteiger partial charge in [-0.25, -0.2) is 13.1 Å². The van der Waals surface area contributed by atoms with E-state index in [1.165, 1.54) is 0 Å². The number of sulfonamides is 1. The molecular weight excluding hydrogens is 264 g/mol. The van der Waals surface area contributed by atoms with Gasteiger partial charge < -0.3 is 5.11 Å². The Morgan fingerprint density at radius 3 is 2.42 bits per heavy atom. The van der Waals surface area contributed by atoms with E-state index in [4.69, 9.17) is 10.4 Å². The van der Waals surface area contributed by atoms with Crippen molar-refractivity contribution in [3.8, 4) is 6.07 Å². The number of unbranched alkanes of at least 4 members (excludes halogenated alkanes) is 2. The molecule has 0 unspecified atom stereocenters. The molecule has 0 saturated carbocycles. The molecule has 1 aromatic carbocycles. The average Bonchev–Trinajstić information content (AvgIpc) is 2.39. The highest BCUT2D eigenvalue weighted by atomic mass is 32.2. The van der Waals surface area contributed by atoms with Crippen LogP contribution >= 0.6 is 0 Å². The van der Waals surface area contributed by atoms with Gasteiger partial charge in [-0.15, -0.1) is 0 Å². The van der Waals surface area contributed by atoms with Crippen molar-refractivity contribution in [2.75, 3.05) is 13.2 Å². The summed E-state index contributed by atoms with van der Waals surface area (Å²) in [4.78, 5) is 0. The average molecular weight is 282 g/mol. The van der Waals surface area contributed by atoms with Crippen LogP contribution in [0.5, 0.6) is 0 Å². The zero-order chi connectivity index (χ0) is 14.1. The van der Waals surface area contributed by atoms with Gasteiger partial charge in [-0.3, -0.25) is 0 Å². The van der Waals surface area contributed by atoms with Crippen molar-refractivity contribution in [1.29, 1.82) is 5.26 Å². The number of nitrogens with zero attached hydrogens (tertiary/aromatic N) is 1. The molecule has 0 aliphatic rings. The van der Waals surface area contributed by atoms with Crippen LogP contribution in [0.15, 0.2) is 24.3 Å². The van der Waals surface area contributed by atoms with Gasteiger partial charge in [0.1, 0.15) is 0 Å². The minimum absolute atomic E-state index is 0.0846. The van der Waals surface area contributed by atoms with Gasteiger partial charge in [0.2, 0.25) is 10.0 Å². The Kier molecular flexibility index (Phi) is 6.50. The molecular formula is C13H18N2O3S. The molecule has 0 aliphatic heterocycles. The zero-order valence-electron chi connectivity index (χ0n) is 10.7. The van der Waals surface area contributed by atoms with Gasteiger partial charge in [0, 0.05) is 13.2 Å². The summed E-state index contributed by atoms with van der Waals surface area (Å²) in [7, 11) is -3.34. The maximum atomic E-state index is 11.8. The number of hydrogen-bond donors (Lipinski definition) is 2. The minimum atomic E-state index is -3.34. The standard InChI is InChI=1S/C13H18N2O3S/c14-10-12-4-6-13(7-5-12)11-19(17,18)15-8-2-1-3-9-16/h4-7,15-16H,1-3,8-9,11H2. The van der Waals surface area contributed by atoms with Crippen LogP contribution in [0.3, 0.4) is 0 Å². The van der Waals surface area contributed by atoms with Gasteiger partial charge >= 0.3 is 0 Å². The molecule has 2 N–H and O–H groups in total. The summed E-state index contributed by atoms with van der Waals surface area (Å²) in [6, 6.07) is 8.48. The second-order valence-electron chi connectivity index (χ2n) is 4.25. The minimum Gasteiger partial charge on any atom is -0.396 e. The first-order chi connectivity index (χ1) is 9.07. The zero-order valence-corrected chi connectivity index (χ0v) is 11.5. The van der Waals surface area contributed by atoms with Crippen molar-refractivity contribution in [3.05, 3.63) is 35.4 Å². The van der Waals surface area contributed by atoms with E-state index in [-0.39, 0.29) is 12.4 Å². The van der Waals surface area contributed by atoms with Gasteiger partial charge in [-0.05, 0) is 37.0 Å². The van der Waals surface area contributed by atoms with E-state index in [1.807, 2.05) is 6.07 Å². The fraction of sp³-hybridized carbons (Fsp3) is 0.462. The highest BCUT2D eigenvalue weighted by Gasteiger charge is 2.10. The molecule has 104 valence electrons. The smallest absolute Gasteiger partial charge is 0.215 e. The molecule has 1 rings (SSSR count). The second-order valence-corrected chi connectivity index (χ2v) is 6.05. The van der Waals surface area contributed by atoms with Crippen LogP contribution in [-0.4, -0.2) is 26.7 Å². The molecule has 19 heavy (non-hydrogen) atoms. The molecule has 0 heterocycles. The lowest BCUT2D eigenvalue weighted by molar-refractivity contribution is 0.283. The Morgan fingerprint density at radius 1 is 1.16 bits per heavy atom. The van der Waals surface area contributed by atoms with Crippen LogP contribution in [0.1, 0.15) is 30.4 Å². The SMILES string of the molecule is N#Cc1ccc(CS(=O)(=O)NCCCCCO)cc1. The highest BCUT2D eigenvalue weighted by molar-refractivity contribution is 7.88. The molecule has 0 bridgehead atoms. The number of aliphatic hydroxyl groups is 1. The van der Waals surface area contributed by atoms with Gasteiger partial charge in [-0.1, -0.05) is 12.1 Å². The first-order valence-corrected chi connectivity index (χ1v) is 7.80. The van der Waals surface area contributed by atoms with Gasteiger partial charge in [-0.2, -0.15) is 5.26 Å². The van der Waals surface area contributed by atoms with Gasteiger partial charge in [0.05, 0.1) is 17.4 Å². The van der Waals surface area contributed by atoms with Crippen LogP contribution in [0.4, 0.5) is 0 Å². The highest BCUT2D eigenvalue weighted by Crippen LogP contribution is 2.07. The lowest BCUT2D eigenvalue weighted by atomic mass is 10.2. The number of benzene rings is 1. The normalized spacial score (nSPS) is 11.2. The largest absolute Gasteiger partial charge is 0.396 e. The van der Waals surface area contributed by atoms with Crippen LogP contribution < -0.4 is 4.72 Å². The van der Waals surface area contributed by atoms with Crippen LogP contribution in [-0.2, 0) is 15.8 Å². The van der Waals surface area contributed by atoms with Gasteiger partial charge in [0.15, 0.2) is 0 Å². The first kappa shape index (κ1) is 15.6. The topological polar surface area (TPSA) is 90.2 Å². The predicted octanol–water partition coefficient (Wildman–Crippen LogP) is 1.14. The van der Waals surface area contributed by atoms with Gasteiger partial charge in [0.25, 0.3) is 0 Å². The molecule has 0 saturated heterocycles. The van der Waals surface area contributed by atoms with Crippen molar-refractivity contribution >= 4 is 10.0 Å². The van der Waals surface area contributed by atoms with Crippen LogP contribution in [0.25, 0.3) is 0 Å². The monoisotopic (exact) mass is 282 g/mol. The molecule has 0 atom stereocenters. The molecule has 0 aromatic heterocycles.